The van der Waals surface area contributed by atoms with Gasteiger partial charge >= 0.3 is 0 Å². The molecule has 43 heavy (non-hydrogen) atoms. The van der Waals surface area contributed by atoms with Crippen molar-refractivity contribution in [3.8, 4) is 5.75 Å². The number of carbonyl (C=O) groups excluding carboxylic acids is 1. The van der Waals surface area contributed by atoms with Gasteiger partial charge < -0.3 is 14.7 Å². The van der Waals surface area contributed by atoms with Crippen LogP contribution in [0.2, 0.25) is 5.02 Å². The summed E-state index contributed by atoms with van der Waals surface area (Å²) in [5, 5.41) is 11.9. The van der Waals surface area contributed by atoms with Crippen LogP contribution in [-0.4, -0.2) is 68.8 Å². The summed E-state index contributed by atoms with van der Waals surface area (Å²) in [4.78, 5) is 17.6. The molecule has 0 saturated heterocycles. The van der Waals surface area contributed by atoms with Crippen LogP contribution in [0, 0.1) is 11.8 Å². The van der Waals surface area contributed by atoms with E-state index in [4.69, 9.17) is 16.3 Å². The minimum absolute atomic E-state index is 0.0241. The molecular weight excluding hydrogens is 586 g/mol. The molecule has 232 valence electrons. The average Bonchev–Trinajstić information content (AvgIpc) is 3.09. The molecule has 2 aromatic carbocycles. The highest BCUT2D eigenvalue weighted by Gasteiger charge is 2.44. The van der Waals surface area contributed by atoms with E-state index in [1.807, 2.05) is 30.0 Å². The van der Waals surface area contributed by atoms with E-state index in [0.29, 0.717) is 44.2 Å². The Morgan fingerprint density at radius 2 is 1.98 bits per heavy atom. The van der Waals surface area contributed by atoms with Crippen LogP contribution in [0.3, 0.4) is 0 Å². The van der Waals surface area contributed by atoms with Crippen molar-refractivity contribution >= 4 is 33.2 Å². The number of sulfonamides is 1. The number of likely N-dealkylation sites (N-methyl/N-ethyl adjacent to an activating group) is 1. The maximum Gasteiger partial charge on any atom is 0.264 e. The Labute approximate surface area is 260 Å². The zero-order chi connectivity index (χ0) is 30.6. The quantitative estimate of drug-likeness (QED) is 0.443. The summed E-state index contributed by atoms with van der Waals surface area (Å²) in [5.74, 6) is 0.359. The lowest BCUT2D eigenvalue weighted by molar-refractivity contribution is -0.129. The van der Waals surface area contributed by atoms with E-state index in [2.05, 4.69) is 21.8 Å². The van der Waals surface area contributed by atoms with Gasteiger partial charge in [0.15, 0.2) is 0 Å². The van der Waals surface area contributed by atoms with Crippen molar-refractivity contribution in [2.24, 2.45) is 11.8 Å². The molecule has 2 aliphatic heterocycles. The van der Waals surface area contributed by atoms with E-state index in [0.717, 1.165) is 37.1 Å². The summed E-state index contributed by atoms with van der Waals surface area (Å²) in [6.07, 6.45) is 7.98. The van der Waals surface area contributed by atoms with E-state index in [1.54, 1.807) is 26.0 Å². The van der Waals surface area contributed by atoms with Crippen molar-refractivity contribution in [2.75, 3.05) is 37.7 Å². The summed E-state index contributed by atoms with van der Waals surface area (Å²) >= 11 is 6.39. The molecule has 8 nitrogen and oxygen atoms in total. The largest absolute Gasteiger partial charge is 0.490 e. The van der Waals surface area contributed by atoms with Crippen molar-refractivity contribution in [1.82, 2.24) is 9.62 Å². The fraction of sp³-hybridized carbons (Fsp3) is 0.545. The Balaban J connectivity index is 1.44. The molecular formula is C33H42ClN3O5S. The molecule has 2 bridgehead atoms. The Morgan fingerprint density at radius 1 is 1.16 bits per heavy atom. The molecule has 4 aliphatic rings. The van der Waals surface area contributed by atoms with Gasteiger partial charge in [-0.05, 0) is 106 Å². The summed E-state index contributed by atoms with van der Waals surface area (Å²) in [6, 6.07) is 11.0. The number of nitrogens with zero attached hydrogens (tertiary/aromatic N) is 2. The molecule has 6 rings (SSSR count). The lowest BCUT2D eigenvalue weighted by Gasteiger charge is -2.45. The molecule has 10 heteroatoms. The van der Waals surface area contributed by atoms with Gasteiger partial charge in [0.05, 0.1) is 28.8 Å². The number of aliphatic hydroxyl groups excluding tert-OH is 1. The summed E-state index contributed by atoms with van der Waals surface area (Å²) in [6.45, 7) is 8.11. The maximum absolute atomic E-state index is 13.7. The summed E-state index contributed by atoms with van der Waals surface area (Å²) < 4.78 is 36.2. The normalized spacial score (nSPS) is 31.0. The second-order valence-electron chi connectivity index (χ2n) is 13.2. The molecule has 4 atom stereocenters. The van der Waals surface area contributed by atoms with Gasteiger partial charge in [0, 0.05) is 30.1 Å². The SMILES string of the molecule is CCN1C/C=C\[C@H](O)[C@@H]2CC[C@H]2CN2C[C@@]3(CCCc4cc(Cl)ccc43)COc3ccc(cc32)S(=O)(=O)NC(=O)C1(C)C. The first kappa shape index (κ1) is 30.4. The number of carbonyl (C=O) groups is 1. The van der Waals surface area contributed by atoms with Crippen LogP contribution in [-0.2, 0) is 26.7 Å². The molecule has 1 fully saturated rings. The zero-order valence-corrected chi connectivity index (χ0v) is 26.8. The van der Waals surface area contributed by atoms with E-state index in [-0.39, 0.29) is 22.1 Å². The first-order valence-corrected chi connectivity index (χ1v) is 17.3. The number of hydrogen-bond acceptors (Lipinski definition) is 7. The van der Waals surface area contributed by atoms with Crippen LogP contribution in [0.4, 0.5) is 5.69 Å². The molecule has 0 unspecified atom stereocenters. The number of nitrogens with one attached hydrogen (secondary N) is 1. The summed E-state index contributed by atoms with van der Waals surface area (Å²) in [7, 11) is -4.16. The molecule has 0 radical (unpaired) electrons. The molecule has 1 spiro atoms. The smallest absolute Gasteiger partial charge is 0.264 e. The predicted molar refractivity (Wildman–Crippen MR) is 168 cm³/mol. The molecule has 2 heterocycles. The van der Waals surface area contributed by atoms with Crippen LogP contribution in [0.25, 0.3) is 0 Å². The average molecular weight is 628 g/mol. The van der Waals surface area contributed by atoms with Gasteiger partial charge in [0.2, 0.25) is 0 Å². The van der Waals surface area contributed by atoms with Crippen molar-refractivity contribution in [3.63, 3.8) is 0 Å². The van der Waals surface area contributed by atoms with Crippen LogP contribution >= 0.6 is 11.6 Å². The number of benzene rings is 2. The summed E-state index contributed by atoms with van der Waals surface area (Å²) in [5.41, 5.74) is 1.78. The van der Waals surface area contributed by atoms with Gasteiger partial charge in [-0.3, -0.25) is 9.69 Å². The van der Waals surface area contributed by atoms with Gasteiger partial charge in [-0.2, -0.15) is 0 Å². The Morgan fingerprint density at radius 3 is 2.72 bits per heavy atom. The van der Waals surface area contributed by atoms with Gasteiger partial charge in [0.1, 0.15) is 5.75 Å². The topological polar surface area (TPSA) is 99.2 Å². The molecule has 2 N–H and O–H groups in total. The lowest BCUT2D eigenvalue weighted by atomic mass is 9.68. The first-order valence-electron chi connectivity index (χ1n) is 15.4. The third-order valence-corrected chi connectivity index (χ3v) is 11.9. The number of hydrogen-bond donors (Lipinski definition) is 2. The minimum atomic E-state index is -4.16. The molecule has 1 saturated carbocycles. The van der Waals surface area contributed by atoms with E-state index in [1.165, 1.54) is 17.2 Å². The van der Waals surface area contributed by atoms with Crippen molar-refractivity contribution in [1.29, 1.82) is 0 Å². The van der Waals surface area contributed by atoms with E-state index >= 15 is 0 Å². The molecule has 2 aliphatic carbocycles. The maximum atomic E-state index is 13.7. The van der Waals surface area contributed by atoms with Crippen LogP contribution < -0.4 is 14.4 Å². The molecule has 0 aromatic heterocycles. The number of anilines is 1. The van der Waals surface area contributed by atoms with Gasteiger partial charge in [-0.25, -0.2) is 13.1 Å². The van der Waals surface area contributed by atoms with Gasteiger partial charge in [0.25, 0.3) is 15.9 Å². The van der Waals surface area contributed by atoms with Crippen molar-refractivity contribution < 1.29 is 23.1 Å². The second kappa shape index (κ2) is 11.4. The van der Waals surface area contributed by atoms with Gasteiger partial charge in [-0.1, -0.05) is 36.7 Å². The minimum Gasteiger partial charge on any atom is -0.490 e. The number of halogens is 1. The molecule has 1 amide bonds. The number of rotatable bonds is 1. The lowest BCUT2D eigenvalue weighted by Crippen LogP contribution is -2.56. The van der Waals surface area contributed by atoms with Crippen LogP contribution in [0.5, 0.6) is 5.75 Å². The Kier molecular flexibility index (Phi) is 8.07. The van der Waals surface area contributed by atoms with Crippen molar-refractivity contribution in [2.45, 2.75) is 74.8 Å². The monoisotopic (exact) mass is 627 g/mol. The fourth-order valence-electron chi connectivity index (χ4n) is 7.49. The highest BCUT2D eigenvalue weighted by Crippen LogP contribution is 2.47. The van der Waals surface area contributed by atoms with Gasteiger partial charge in [-0.15, -0.1) is 0 Å². The third kappa shape index (κ3) is 5.58. The number of fused-ring (bicyclic) bond motifs is 4. The van der Waals surface area contributed by atoms with Crippen molar-refractivity contribution in [3.05, 3.63) is 64.7 Å². The van der Waals surface area contributed by atoms with Crippen LogP contribution in [0.15, 0.2) is 53.4 Å². The number of aryl methyl sites for hydroxylation is 1. The predicted octanol–water partition coefficient (Wildman–Crippen LogP) is 4.68. The van der Waals surface area contributed by atoms with E-state index in [9.17, 15) is 18.3 Å². The second-order valence-corrected chi connectivity index (χ2v) is 15.3. The highest BCUT2D eigenvalue weighted by atomic mass is 35.5. The Bertz CT molecular complexity index is 1540. The van der Waals surface area contributed by atoms with Crippen LogP contribution in [0.1, 0.15) is 57.6 Å². The number of aliphatic hydroxyl groups is 1. The Hall–Kier alpha value is -2.59. The highest BCUT2D eigenvalue weighted by molar-refractivity contribution is 7.90. The fourth-order valence-corrected chi connectivity index (χ4v) is 8.81. The first-order chi connectivity index (χ1) is 20.4. The zero-order valence-electron chi connectivity index (χ0n) is 25.2. The standard InChI is InChI=1S/C33H42ClN3O5S/c1-4-37-16-6-8-29(38)26-12-9-23(26)19-36-20-33(15-5-7-22-17-24(34)10-13-27(22)33)21-42-30-14-11-25(18-28(30)36)43(40,41)35-31(39)32(37,2)3/h6,8,10-11,13-14,17-18,23,26,29,38H,4-5,7,9,12,15-16,19-21H2,1-3H3,(H,35,39)/b8-6-/t23-,26+,29-,33-/m0/s1. The third-order valence-electron chi connectivity index (χ3n) is 10.3. The molecule has 2 aromatic rings. The number of ether oxygens (including phenoxy) is 1. The number of amides is 1. The van der Waals surface area contributed by atoms with E-state index < -0.39 is 27.6 Å².